The van der Waals surface area contributed by atoms with Crippen molar-refractivity contribution < 1.29 is 10.2 Å². The van der Waals surface area contributed by atoms with Gasteiger partial charge in [-0.2, -0.15) is 0 Å². The summed E-state index contributed by atoms with van der Waals surface area (Å²) in [5, 5.41) is 19.5. The van der Waals surface area contributed by atoms with Crippen molar-refractivity contribution in [3.8, 4) is 0 Å². The van der Waals surface area contributed by atoms with E-state index in [1.165, 1.54) is 0 Å². The van der Waals surface area contributed by atoms with E-state index >= 15 is 0 Å². The Morgan fingerprint density at radius 2 is 2.12 bits per heavy atom. The van der Waals surface area contributed by atoms with Gasteiger partial charge in [0.1, 0.15) is 0 Å². The van der Waals surface area contributed by atoms with Gasteiger partial charge in [-0.3, -0.25) is 0 Å². The Hall–Kier alpha value is -0.120. The van der Waals surface area contributed by atoms with Gasteiger partial charge < -0.3 is 15.5 Å². The maximum absolute atomic E-state index is 8.31. The summed E-state index contributed by atoms with van der Waals surface area (Å²) < 4.78 is 0. The van der Waals surface area contributed by atoms with E-state index < -0.39 is 6.29 Å². The minimum atomic E-state index is -1.14. The van der Waals surface area contributed by atoms with E-state index in [2.05, 4.69) is 5.32 Å². The van der Waals surface area contributed by atoms with Crippen molar-refractivity contribution in [2.24, 2.45) is 0 Å². The average molecular weight is 119 g/mol. The van der Waals surface area contributed by atoms with Gasteiger partial charge >= 0.3 is 0 Å². The number of hydrogen-bond acceptors (Lipinski definition) is 3. The van der Waals surface area contributed by atoms with Crippen molar-refractivity contribution in [2.75, 3.05) is 13.6 Å². The topological polar surface area (TPSA) is 52.5 Å². The first kappa shape index (κ1) is 7.88. The second-order valence-corrected chi connectivity index (χ2v) is 1.73. The molecule has 0 aliphatic carbocycles. The summed E-state index contributed by atoms with van der Waals surface area (Å²) in [4.78, 5) is 0. The van der Waals surface area contributed by atoms with Crippen LogP contribution in [-0.2, 0) is 0 Å². The van der Waals surface area contributed by atoms with Crippen LogP contribution in [0.5, 0.6) is 0 Å². The van der Waals surface area contributed by atoms with Crippen LogP contribution in [0.4, 0.5) is 0 Å². The zero-order valence-corrected chi connectivity index (χ0v) is 5.09. The monoisotopic (exact) mass is 119 g/mol. The molecule has 0 aromatic carbocycles. The maximum Gasteiger partial charge on any atom is 0.151 e. The largest absolute Gasteiger partial charge is 0.368 e. The lowest BCUT2D eigenvalue weighted by Crippen LogP contribution is -2.11. The standard InChI is InChI=1S/C5H13NO2/c1-6-4-2-3-5(7)8/h5-8H,2-4H2,1H3. The van der Waals surface area contributed by atoms with Crippen molar-refractivity contribution in [3.05, 3.63) is 0 Å². The number of aliphatic hydroxyl groups is 2. The fraction of sp³-hybridized carbons (Fsp3) is 1.00. The van der Waals surface area contributed by atoms with Crippen LogP contribution in [0, 0.1) is 0 Å². The van der Waals surface area contributed by atoms with Crippen LogP contribution >= 0.6 is 0 Å². The number of aliphatic hydroxyl groups excluding tert-OH is 1. The molecule has 3 heteroatoms. The van der Waals surface area contributed by atoms with Crippen molar-refractivity contribution in [1.82, 2.24) is 5.32 Å². The molecule has 0 atom stereocenters. The summed E-state index contributed by atoms with van der Waals surface area (Å²) in [7, 11) is 1.84. The SMILES string of the molecule is CNCCCC(O)O. The van der Waals surface area contributed by atoms with E-state index in [0.29, 0.717) is 6.42 Å². The van der Waals surface area contributed by atoms with Crippen molar-refractivity contribution >= 4 is 0 Å². The predicted octanol–water partition coefficient (Wildman–Crippen LogP) is -0.703. The molecule has 0 rings (SSSR count). The molecule has 0 amide bonds. The molecule has 50 valence electrons. The molecule has 8 heavy (non-hydrogen) atoms. The lowest BCUT2D eigenvalue weighted by Gasteiger charge is -2.00. The molecule has 3 N–H and O–H groups in total. The highest BCUT2D eigenvalue weighted by Gasteiger charge is 1.93. The molecule has 3 nitrogen and oxygen atoms in total. The third-order valence-electron chi connectivity index (χ3n) is 0.889. The van der Waals surface area contributed by atoms with Crippen LogP contribution in [0.3, 0.4) is 0 Å². The fourth-order valence-corrected chi connectivity index (χ4v) is 0.461. The van der Waals surface area contributed by atoms with E-state index in [9.17, 15) is 0 Å². The van der Waals surface area contributed by atoms with E-state index in [-0.39, 0.29) is 0 Å². The van der Waals surface area contributed by atoms with E-state index in [4.69, 9.17) is 10.2 Å². The first-order valence-electron chi connectivity index (χ1n) is 2.78. The summed E-state index contributed by atoms with van der Waals surface area (Å²) in [5.74, 6) is 0. The first-order valence-corrected chi connectivity index (χ1v) is 2.78. The van der Waals surface area contributed by atoms with Gasteiger partial charge in [-0.15, -0.1) is 0 Å². The van der Waals surface area contributed by atoms with Crippen LogP contribution in [-0.4, -0.2) is 30.1 Å². The molecule has 0 heterocycles. The van der Waals surface area contributed by atoms with Gasteiger partial charge in [0.25, 0.3) is 0 Å². The summed E-state index contributed by atoms with van der Waals surface area (Å²) in [6, 6.07) is 0. The van der Waals surface area contributed by atoms with E-state index in [1.807, 2.05) is 7.05 Å². The highest BCUT2D eigenvalue weighted by Crippen LogP contribution is 1.89. The third-order valence-corrected chi connectivity index (χ3v) is 0.889. The lowest BCUT2D eigenvalue weighted by atomic mass is 10.3. The molecular weight excluding hydrogens is 106 g/mol. The summed E-state index contributed by atoms with van der Waals surface area (Å²) >= 11 is 0. The highest BCUT2D eigenvalue weighted by atomic mass is 16.5. The molecule has 0 radical (unpaired) electrons. The molecule has 0 spiro atoms. The highest BCUT2D eigenvalue weighted by molar-refractivity contribution is 4.42. The number of rotatable bonds is 4. The van der Waals surface area contributed by atoms with Gasteiger partial charge in [-0.05, 0) is 26.4 Å². The number of hydrogen-bond donors (Lipinski definition) is 3. The Kier molecular flexibility index (Phi) is 4.95. The Balaban J connectivity index is 2.72. The summed E-state index contributed by atoms with van der Waals surface area (Å²) in [5.41, 5.74) is 0. The Labute approximate surface area is 49.3 Å². The quantitative estimate of drug-likeness (QED) is 0.339. The van der Waals surface area contributed by atoms with E-state index in [0.717, 1.165) is 13.0 Å². The molecule has 0 bridgehead atoms. The second kappa shape index (κ2) is 5.03. The predicted molar refractivity (Wildman–Crippen MR) is 31.4 cm³/mol. The zero-order valence-electron chi connectivity index (χ0n) is 5.09. The van der Waals surface area contributed by atoms with Gasteiger partial charge in [-0.25, -0.2) is 0 Å². The molecule has 0 saturated heterocycles. The van der Waals surface area contributed by atoms with Crippen LogP contribution in [0.25, 0.3) is 0 Å². The van der Waals surface area contributed by atoms with Crippen LogP contribution < -0.4 is 5.32 Å². The molecule has 0 aliphatic heterocycles. The Morgan fingerprint density at radius 3 is 2.50 bits per heavy atom. The van der Waals surface area contributed by atoms with Gasteiger partial charge in [-0.1, -0.05) is 0 Å². The van der Waals surface area contributed by atoms with Crippen LogP contribution in [0.15, 0.2) is 0 Å². The van der Waals surface area contributed by atoms with Crippen LogP contribution in [0.1, 0.15) is 12.8 Å². The van der Waals surface area contributed by atoms with Gasteiger partial charge in [0.2, 0.25) is 0 Å². The normalized spacial score (nSPS) is 10.5. The smallest absolute Gasteiger partial charge is 0.151 e. The van der Waals surface area contributed by atoms with Gasteiger partial charge in [0.05, 0.1) is 0 Å². The summed E-state index contributed by atoms with van der Waals surface area (Å²) in [6.45, 7) is 0.845. The minimum absolute atomic E-state index is 0.459. The molecule has 0 fully saturated rings. The van der Waals surface area contributed by atoms with Crippen LogP contribution in [0.2, 0.25) is 0 Å². The Bertz CT molecular complexity index is 47.7. The molecule has 0 aromatic rings. The van der Waals surface area contributed by atoms with Gasteiger partial charge in [0.15, 0.2) is 6.29 Å². The average Bonchev–Trinajstić information content (AvgIpc) is 1.66. The second-order valence-electron chi connectivity index (χ2n) is 1.73. The molecular formula is C5H13NO2. The molecule has 0 saturated carbocycles. The lowest BCUT2D eigenvalue weighted by molar-refractivity contribution is -0.0460. The van der Waals surface area contributed by atoms with Gasteiger partial charge in [0, 0.05) is 0 Å². The first-order chi connectivity index (χ1) is 3.77. The van der Waals surface area contributed by atoms with Crippen molar-refractivity contribution in [2.45, 2.75) is 19.1 Å². The zero-order chi connectivity index (χ0) is 6.41. The fourth-order valence-electron chi connectivity index (χ4n) is 0.461. The van der Waals surface area contributed by atoms with E-state index in [1.54, 1.807) is 0 Å². The number of nitrogens with one attached hydrogen (secondary N) is 1. The third kappa shape index (κ3) is 5.88. The molecule has 0 aromatic heterocycles. The van der Waals surface area contributed by atoms with Crippen molar-refractivity contribution in [3.63, 3.8) is 0 Å². The maximum atomic E-state index is 8.31. The molecule has 0 aliphatic rings. The Morgan fingerprint density at radius 1 is 1.50 bits per heavy atom. The minimum Gasteiger partial charge on any atom is -0.368 e. The molecule has 0 unspecified atom stereocenters. The van der Waals surface area contributed by atoms with Crippen molar-refractivity contribution in [1.29, 1.82) is 0 Å². The summed E-state index contributed by atoms with van der Waals surface area (Å²) in [6.07, 6.45) is 0.137.